The van der Waals surface area contributed by atoms with E-state index in [0.29, 0.717) is 40.9 Å². The Kier molecular flexibility index (Phi) is 5.48. The zero-order valence-electron chi connectivity index (χ0n) is 19.2. The van der Waals surface area contributed by atoms with Crippen molar-refractivity contribution in [1.29, 1.82) is 0 Å². The highest BCUT2D eigenvalue weighted by Crippen LogP contribution is 2.31. The number of halogens is 2. The van der Waals surface area contributed by atoms with E-state index in [0.717, 1.165) is 0 Å². The second-order valence-electron chi connectivity index (χ2n) is 8.49. The molecule has 0 unspecified atom stereocenters. The molecule has 8 nitrogen and oxygen atoms in total. The monoisotopic (exact) mass is 500 g/mol. The minimum absolute atomic E-state index is 0.0694. The average Bonchev–Trinajstić information content (AvgIpc) is 3.56. The Bertz CT molecular complexity index is 1730. The number of ketones is 1. The molecular weight excluding hydrogens is 482 g/mol. The number of pyridine rings is 1. The fourth-order valence-corrected chi connectivity index (χ4v) is 4.34. The molecule has 3 aromatic heterocycles. The van der Waals surface area contributed by atoms with E-state index >= 15 is 0 Å². The van der Waals surface area contributed by atoms with E-state index < -0.39 is 23.0 Å². The Balaban J connectivity index is 1.30. The van der Waals surface area contributed by atoms with Gasteiger partial charge in [0.1, 0.15) is 29.1 Å². The third kappa shape index (κ3) is 4.12. The number of aromatic amines is 1. The molecule has 184 valence electrons. The van der Waals surface area contributed by atoms with Gasteiger partial charge in [-0.05, 0) is 48.0 Å². The third-order valence-corrected chi connectivity index (χ3v) is 6.12. The van der Waals surface area contributed by atoms with Crippen molar-refractivity contribution in [2.75, 3.05) is 6.61 Å². The number of carbonyl (C=O) groups excluding carboxylic acids is 1. The number of rotatable bonds is 6. The molecule has 0 bridgehead atoms. The number of ether oxygens (including phenoxy) is 2. The predicted octanol–water partition coefficient (Wildman–Crippen LogP) is 4.54. The van der Waals surface area contributed by atoms with Crippen LogP contribution in [0.1, 0.15) is 21.5 Å². The highest BCUT2D eigenvalue weighted by Gasteiger charge is 2.27. The maximum Gasteiger partial charge on any atom is 0.269 e. The number of hydrogen-bond donors (Lipinski definition) is 1. The molecule has 0 aliphatic carbocycles. The lowest BCUT2D eigenvalue weighted by molar-refractivity contribution is 0.0988. The molecular formula is C27H18F2N4O4. The molecule has 0 atom stereocenters. The minimum Gasteiger partial charge on any atom is -0.492 e. The second-order valence-corrected chi connectivity index (χ2v) is 8.49. The van der Waals surface area contributed by atoms with Crippen LogP contribution in [0.4, 0.5) is 8.78 Å². The van der Waals surface area contributed by atoms with E-state index in [1.165, 1.54) is 47.3 Å². The van der Waals surface area contributed by atoms with Gasteiger partial charge >= 0.3 is 0 Å². The summed E-state index contributed by atoms with van der Waals surface area (Å²) >= 11 is 0. The van der Waals surface area contributed by atoms with E-state index in [1.807, 2.05) is 0 Å². The summed E-state index contributed by atoms with van der Waals surface area (Å²) in [5.74, 6) is -1.28. The van der Waals surface area contributed by atoms with Gasteiger partial charge in [0, 0.05) is 36.5 Å². The minimum atomic E-state index is -0.689. The van der Waals surface area contributed by atoms with Gasteiger partial charge in [0.25, 0.3) is 5.56 Å². The van der Waals surface area contributed by atoms with Crippen molar-refractivity contribution in [3.05, 3.63) is 106 Å². The molecule has 4 heterocycles. The van der Waals surface area contributed by atoms with Crippen LogP contribution in [-0.2, 0) is 12.8 Å². The number of nitrogens with zero attached hydrogens (tertiary/aromatic N) is 3. The number of carbonyl (C=O) groups is 1. The lowest BCUT2D eigenvalue weighted by Gasteiger charge is -2.13. The largest absolute Gasteiger partial charge is 0.492 e. The Morgan fingerprint density at radius 1 is 1.11 bits per heavy atom. The van der Waals surface area contributed by atoms with Gasteiger partial charge in [0.15, 0.2) is 17.3 Å². The molecule has 6 rings (SSSR count). The summed E-state index contributed by atoms with van der Waals surface area (Å²) < 4.78 is 40.9. The molecule has 5 aromatic rings. The molecule has 0 saturated carbocycles. The lowest BCUT2D eigenvalue weighted by Crippen LogP contribution is -2.27. The van der Waals surface area contributed by atoms with E-state index in [4.69, 9.17) is 9.47 Å². The molecule has 10 heteroatoms. The average molecular weight is 500 g/mol. The summed E-state index contributed by atoms with van der Waals surface area (Å²) in [7, 11) is 0. The van der Waals surface area contributed by atoms with Crippen LogP contribution in [0, 0.1) is 11.6 Å². The van der Waals surface area contributed by atoms with Crippen molar-refractivity contribution in [2.45, 2.75) is 12.8 Å². The number of aromatic nitrogens is 4. The van der Waals surface area contributed by atoms with Crippen LogP contribution in [0.5, 0.6) is 17.4 Å². The van der Waals surface area contributed by atoms with Crippen molar-refractivity contribution in [1.82, 2.24) is 19.5 Å². The fraction of sp³-hybridized carbons (Fsp3) is 0.111. The zero-order chi connectivity index (χ0) is 25.5. The molecule has 2 aromatic carbocycles. The molecule has 0 fully saturated rings. The molecule has 0 saturated heterocycles. The van der Waals surface area contributed by atoms with E-state index in [9.17, 15) is 18.4 Å². The molecule has 0 radical (unpaired) electrons. The standard InChI is InChI=1S/C27H18F2N4O4/c28-17-2-4-18(5-3-17)33-13-16-8-10-36-24(16)23(27(33)35)21(34)12-15-1-6-22(20(29)11-15)37-26-19-7-9-30-25(19)31-14-32-26/h1-7,9,11,13-14H,8,10,12H2,(H,30,31,32). The van der Waals surface area contributed by atoms with Crippen molar-refractivity contribution >= 4 is 16.8 Å². The van der Waals surface area contributed by atoms with Gasteiger partial charge < -0.3 is 14.5 Å². The van der Waals surface area contributed by atoms with Crippen molar-refractivity contribution in [3.8, 4) is 23.1 Å². The number of nitrogens with one attached hydrogen (secondary N) is 1. The zero-order valence-corrected chi connectivity index (χ0v) is 19.2. The molecule has 1 N–H and O–H groups in total. The maximum absolute atomic E-state index is 14.9. The number of fused-ring (bicyclic) bond motifs is 2. The van der Waals surface area contributed by atoms with Gasteiger partial charge in [-0.3, -0.25) is 14.2 Å². The molecule has 1 aliphatic heterocycles. The number of hydrogen-bond acceptors (Lipinski definition) is 6. The summed E-state index contributed by atoms with van der Waals surface area (Å²) in [6, 6.07) is 11.2. The number of benzene rings is 2. The number of Topliss-reactive ketones (excluding diaryl/α,β-unsaturated/α-hetero) is 1. The van der Waals surface area contributed by atoms with Crippen LogP contribution in [-0.4, -0.2) is 31.9 Å². The number of H-pyrrole nitrogens is 1. The van der Waals surface area contributed by atoms with E-state index in [1.54, 1.807) is 24.5 Å². The smallest absolute Gasteiger partial charge is 0.269 e. The second kappa shape index (κ2) is 8.98. The van der Waals surface area contributed by atoms with Crippen LogP contribution in [0.25, 0.3) is 16.7 Å². The predicted molar refractivity (Wildman–Crippen MR) is 130 cm³/mol. The van der Waals surface area contributed by atoms with Crippen LogP contribution in [0.3, 0.4) is 0 Å². The quantitative estimate of drug-likeness (QED) is 0.344. The van der Waals surface area contributed by atoms with Gasteiger partial charge in [0.2, 0.25) is 5.88 Å². The van der Waals surface area contributed by atoms with Gasteiger partial charge in [-0.1, -0.05) is 6.07 Å². The SMILES string of the molecule is O=C(Cc1ccc(Oc2ncnc3[nH]ccc23)c(F)c1)c1c2c(cn(-c3ccc(F)cc3)c1=O)CCO2. The van der Waals surface area contributed by atoms with Crippen LogP contribution >= 0.6 is 0 Å². The molecule has 1 aliphatic rings. The van der Waals surface area contributed by atoms with E-state index in [2.05, 4.69) is 15.0 Å². The summed E-state index contributed by atoms with van der Waals surface area (Å²) in [5.41, 5.74) is 1.32. The maximum atomic E-state index is 14.9. The van der Waals surface area contributed by atoms with Crippen molar-refractivity contribution in [3.63, 3.8) is 0 Å². The summed E-state index contributed by atoms with van der Waals surface area (Å²) in [4.78, 5) is 37.7. The third-order valence-electron chi connectivity index (χ3n) is 6.12. The van der Waals surface area contributed by atoms with Gasteiger partial charge in [-0.2, -0.15) is 0 Å². The Labute approximate surface area is 208 Å². The lowest BCUT2D eigenvalue weighted by atomic mass is 10.0. The first-order valence-electron chi connectivity index (χ1n) is 11.4. The fourth-order valence-electron chi connectivity index (χ4n) is 4.34. The summed E-state index contributed by atoms with van der Waals surface area (Å²) in [6.07, 6.45) is 4.87. The topological polar surface area (TPSA) is 99.1 Å². The Hall–Kier alpha value is -4.86. The molecule has 0 spiro atoms. The van der Waals surface area contributed by atoms with Crippen LogP contribution < -0.4 is 15.0 Å². The highest BCUT2D eigenvalue weighted by atomic mass is 19.1. The first-order valence-corrected chi connectivity index (χ1v) is 11.4. The molecule has 0 amide bonds. The summed E-state index contributed by atoms with van der Waals surface area (Å²) in [6.45, 7) is 0.334. The van der Waals surface area contributed by atoms with Gasteiger partial charge in [-0.25, -0.2) is 18.7 Å². The van der Waals surface area contributed by atoms with Gasteiger partial charge in [0.05, 0.1) is 12.0 Å². The summed E-state index contributed by atoms with van der Waals surface area (Å²) in [5, 5.41) is 0.594. The van der Waals surface area contributed by atoms with Crippen LogP contribution in [0.2, 0.25) is 0 Å². The molecule has 37 heavy (non-hydrogen) atoms. The first kappa shape index (κ1) is 22.6. The Morgan fingerprint density at radius 3 is 2.76 bits per heavy atom. The highest BCUT2D eigenvalue weighted by molar-refractivity contribution is 6.00. The van der Waals surface area contributed by atoms with Crippen LogP contribution in [0.15, 0.2) is 72.0 Å². The van der Waals surface area contributed by atoms with E-state index in [-0.39, 0.29) is 29.4 Å². The van der Waals surface area contributed by atoms with Crippen molar-refractivity contribution in [2.24, 2.45) is 0 Å². The Morgan fingerprint density at radius 2 is 1.95 bits per heavy atom. The van der Waals surface area contributed by atoms with Gasteiger partial charge in [-0.15, -0.1) is 0 Å². The first-order chi connectivity index (χ1) is 18.0. The normalized spacial score (nSPS) is 12.4. The van der Waals surface area contributed by atoms with Crippen molar-refractivity contribution < 1.29 is 23.0 Å².